The maximum absolute atomic E-state index is 5.74. The Morgan fingerprint density at radius 1 is 1.20 bits per heavy atom. The van der Waals surface area contributed by atoms with Crippen molar-refractivity contribution < 1.29 is 4.74 Å². The van der Waals surface area contributed by atoms with Crippen LogP contribution in [0.4, 0.5) is 0 Å². The SMILES string of the molecule is CC(C)c1ccc(OC2CCCC2)nn1. The molecule has 2 rings (SSSR count). The molecule has 1 aromatic rings. The summed E-state index contributed by atoms with van der Waals surface area (Å²) < 4.78 is 5.74. The third kappa shape index (κ3) is 2.67. The van der Waals surface area contributed by atoms with Gasteiger partial charge in [-0.2, -0.15) is 5.10 Å². The Kier molecular flexibility index (Phi) is 3.19. The van der Waals surface area contributed by atoms with Crippen molar-refractivity contribution in [3.05, 3.63) is 17.8 Å². The number of rotatable bonds is 3. The molecule has 3 nitrogen and oxygen atoms in total. The topological polar surface area (TPSA) is 35.0 Å². The molecule has 0 unspecified atom stereocenters. The van der Waals surface area contributed by atoms with Crippen LogP contribution in [0.5, 0.6) is 5.88 Å². The third-order valence-electron chi connectivity index (χ3n) is 2.84. The molecule has 0 aromatic carbocycles. The molecule has 1 fully saturated rings. The maximum atomic E-state index is 5.74. The van der Waals surface area contributed by atoms with Crippen LogP contribution in [0.2, 0.25) is 0 Å². The van der Waals surface area contributed by atoms with Crippen LogP contribution in [0.1, 0.15) is 51.1 Å². The van der Waals surface area contributed by atoms with Crippen LogP contribution in [0.3, 0.4) is 0 Å². The van der Waals surface area contributed by atoms with Gasteiger partial charge >= 0.3 is 0 Å². The molecule has 82 valence electrons. The molecule has 0 spiro atoms. The van der Waals surface area contributed by atoms with E-state index in [0.717, 1.165) is 18.5 Å². The standard InChI is InChI=1S/C12H18N2O/c1-9(2)11-7-8-12(14-13-11)15-10-5-3-4-6-10/h7-10H,3-6H2,1-2H3. The molecule has 1 aromatic heterocycles. The summed E-state index contributed by atoms with van der Waals surface area (Å²) >= 11 is 0. The van der Waals surface area contributed by atoms with Gasteiger partial charge in [0.05, 0.1) is 5.69 Å². The minimum absolute atomic E-state index is 0.365. The number of hydrogen-bond acceptors (Lipinski definition) is 3. The second kappa shape index (κ2) is 4.60. The highest BCUT2D eigenvalue weighted by Gasteiger charge is 2.17. The van der Waals surface area contributed by atoms with E-state index in [2.05, 4.69) is 24.0 Å². The van der Waals surface area contributed by atoms with Gasteiger partial charge in [0.15, 0.2) is 0 Å². The predicted octanol–water partition coefficient (Wildman–Crippen LogP) is 2.92. The summed E-state index contributed by atoms with van der Waals surface area (Å²) in [5.41, 5.74) is 1.02. The van der Waals surface area contributed by atoms with Crippen LogP contribution in [-0.2, 0) is 0 Å². The Labute approximate surface area is 90.9 Å². The van der Waals surface area contributed by atoms with Crippen molar-refractivity contribution in [1.82, 2.24) is 10.2 Å². The Balaban J connectivity index is 1.97. The van der Waals surface area contributed by atoms with E-state index >= 15 is 0 Å². The van der Waals surface area contributed by atoms with Gasteiger partial charge in [0, 0.05) is 6.07 Å². The number of ether oxygens (including phenoxy) is 1. The van der Waals surface area contributed by atoms with E-state index in [1.54, 1.807) is 0 Å². The highest BCUT2D eigenvalue weighted by atomic mass is 16.5. The fraction of sp³-hybridized carbons (Fsp3) is 0.667. The van der Waals surface area contributed by atoms with Gasteiger partial charge < -0.3 is 4.74 Å². The minimum Gasteiger partial charge on any atom is -0.473 e. The minimum atomic E-state index is 0.365. The summed E-state index contributed by atoms with van der Waals surface area (Å²) in [6.45, 7) is 4.23. The smallest absolute Gasteiger partial charge is 0.233 e. The van der Waals surface area contributed by atoms with E-state index in [-0.39, 0.29) is 0 Å². The van der Waals surface area contributed by atoms with E-state index in [9.17, 15) is 0 Å². The highest BCUT2D eigenvalue weighted by Crippen LogP contribution is 2.23. The van der Waals surface area contributed by atoms with E-state index in [1.165, 1.54) is 12.8 Å². The zero-order valence-electron chi connectivity index (χ0n) is 9.44. The van der Waals surface area contributed by atoms with E-state index in [4.69, 9.17) is 4.74 Å². The summed E-state index contributed by atoms with van der Waals surface area (Å²) in [6, 6.07) is 3.93. The molecular weight excluding hydrogens is 188 g/mol. The summed E-state index contributed by atoms with van der Waals surface area (Å²) in [7, 11) is 0. The first-order valence-corrected chi connectivity index (χ1v) is 5.76. The Morgan fingerprint density at radius 2 is 1.93 bits per heavy atom. The second-order valence-corrected chi connectivity index (χ2v) is 4.48. The molecule has 1 aliphatic rings. The van der Waals surface area contributed by atoms with Gasteiger partial charge in [0.25, 0.3) is 0 Å². The molecule has 0 N–H and O–H groups in total. The van der Waals surface area contributed by atoms with Crippen molar-refractivity contribution in [1.29, 1.82) is 0 Å². The van der Waals surface area contributed by atoms with E-state index < -0.39 is 0 Å². The van der Waals surface area contributed by atoms with Gasteiger partial charge in [-0.1, -0.05) is 13.8 Å². The van der Waals surface area contributed by atoms with Crippen molar-refractivity contribution in [3.8, 4) is 5.88 Å². The van der Waals surface area contributed by atoms with Crippen LogP contribution in [-0.4, -0.2) is 16.3 Å². The van der Waals surface area contributed by atoms with Gasteiger partial charge in [-0.3, -0.25) is 0 Å². The second-order valence-electron chi connectivity index (χ2n) is 4.48. The van der Waals surface area contributed by atoms with Gasteiger partial charge in [-0.15, -0.1) is 5.10 Å². The van der Waals surface area contributed by atoms with Crippen LogP contribution < -0.4 is 4.74 Å². The first-order chi connectivity index (χ1) is 7.25. The normalized spacial score (nSPS) is 17.3. The zero-order valence-corrected chi connectivity index (χ0v) is 9.44. The molecule has 15 heavy (non-hydrogen) atoms. The van der Waals surface area contributed by atoms with E-state index in [0.29, 0.717) is 17.9 Å². The molecule has 0 aliphatic heterocycles. The summed E-state index contributed by atoms with van der Waals surface area (Å²) in [5.74, 6) is 1.10. The van der Waals surface area contributed by atoms with Crippen LogP contribution in [0.15, 0.2) is 12.1 Å². The van der Waals surface area contributed by atoms with Crippen molar-refractivity contribution in [2.45, 2.75) is 51.6 Å². The maximum Gasteiger partial charge on any atom is 0.233 e. The lowest BCUT2D eigenvalue weighted by atomic mass is 10.1. The first kappa shape index (κ1) is 10.4. The van der Waals surface area contributed by atoms with Crippen LogP contribution >= 0.6 is 0 Å². The molecular formula is C12H18N2O. The lowest BCUT2D eigenvalue weighted by Crippen LogP contribution is -2.12. The van der Waals surface area contributed by atoms with Crippen molar-refractivity contribution in [2.24, 2.45) is 0 Å². The number of aromatic nitrogens is 2. The number of hydrogen-bond donors (Lipinski definition) is 0. The Bertz CT molecular complexity index is 302. The summed E-state index contributed by atoms with van der Waals surface area (Å²) in [6.07, 6.45) is 5.25. The molecule has 0 bridgehead atoms. The third-order valence-corrected chi connectivity index (χ3v) is 2.84. The molecule has 1 saturated carbocycles. The predicted molar refractivity (Wildman–Crippen MR) is 59.0 cm³/mol. The van der Waals surface area contributed by atoms with Crippen LogP contribution in [0.25, 0.3) is 0 Å². The highest BCUT2D eigenvalue weighted by molar-refractivity contribution is 5.13. The lowest BCUT2D eigenvalue weighted by Gasteiger charge is -2.11. The Morgan fingerprint density at radius 3 is 2.47 bits per heavy atom. The van der Waals surface area contributed by atoms with E-state index in [1.807, 2.05) is 12.1 Å². The van der Waals surface area contributed by atoms with Crippen molar-refractivity contribution in [2.75, 3.05) is 0 Å². The van der Waals surface area contributed by atoms with Gasteiger partial charge in [-0.05, 0) is 37.7 Å². The van der Waals surface area contributed by atoms with Crippen LogP contribution in [0, 0.1) is 0 Å². The fourth-order valence-corrected chi connectivity index (χ4v) is 1.88. The average molecular weight is 206 g/mol. The monoisotopic (exact) mass is 206 g/mol. The molecule has 0 saturated heterocycles. The van der Waals surface area contributed by atoms with Crippen molar-refractivity contribution >= 4 is 0 Å². The quantitative estimate of drug-likeness (QED) is 0.762. The first-order valence-electron chi connectivity index (χ1n) is 5.76. The zero-order chi connectivity index (χ0) is 10.7. The van der Waals surface area contributed by atoms with Gasteiger partial charge in [0.1, 0.15) is 6.10 Å². The molecule has 0 radical (unpaired) electrons. The Hall–Kier alpha value is -1.12. The summed E-state index contributed by atoms with van der Waals surface area (Å²) in [5, 5.41) is 8.24. The lowest BCUT2D eigenvalue weighted by molar-refractivity contribution is 0.199. The molecule has 1 heterocycles. The van der Waals surface area contributed by atoms with Gasteiger partial charge in [-0.25, -0.2) is 0 Å². The molecule has 0 amide bonds. The van der Waals surface area contributed by atoms with Crippen molar-refractivity contribution in [3.63, 3.8) is 0 Å². The number of nitrogens with zero attached hydrogens (tertiary/aromatic N) is 2. The fourth-order valence-electron chi connectivity index (χ4n) is 1.88. The molecule has 1 aliphatic carbocycles. The molecule has 0 atom stereocenters. The molecule has 3 heteroatoms. The largest absolute Gasteiger partial charge is 0.473 e. The van der Waals surface area contributed by atoms with Gasteiger partial charge in [0.2, 0.25) is 5.88 Å². The average Bonchev–Trinajstić information content (AvgIpc) is 2.71. The summed E-state index contributed by atoms with van der Waals surface area (Å²) in [4.78, 5) is 0.